The van der Waals surface area contributed by atoms with Gasteiger partial charge in [-0.15, -0.1) is 0 Å². The SMILES string of the molecule is CCCCCCCCN1CCCCC1=O.CCCCCCCCN1CCCCC1=O. The minimum absolute atomic E-state index is 0.384. The predicted octanol–water partition coefficient (Wildman–Crippen LogP) is 6.72. The van der Waals surface area contributed by atoms with Gasteiger partial charge in [-0.25, -0.2) is 0 Å². The molecule has 2 fully saturated rings. The smallest absolute Gasteiger partial charge is 0.222 e. The number of hydrogen-bond donors (Lipinski definition) is 0. The molecule has 4 nitrogen and oxygen atoms in total. The normalized spacial score (nSPS) is 17.1. The molecule has 0 spiro atoms. The first kappa shape index (κ1) is 27.0. The lowest BCUT2D eigenvalue weighted by molar-refractivity contribution is -0.134. The van der Waals surface area contributed by atoms with Crippen LogP contribution in [0.2, 0.25) is 0 Å². The summed E-state index contributed by atoms with van der Waals surface area (Å²) in [7, 11) is 0. The molecular formula is C26H50N2O2. The zero-order valence-corrected chi connectivity index (χ0v) is 20.3. The molecule has 2 heterocycles. The van der Waals surface area contributed by atoms with E-state index in [9.17, 15) is 9.59 Å². The molecule has 0 N–H and O–H groups in total. The van der Waals surface area contributed by atoms with Crippen molar-refractivity contribution in [2.45, 2.75) is 129 Å². The first-order valence-electron chi connectivity index (χ1n) is 13.2. The van der Waals surface area contributed by atoms with Crippen molar-refractivity contribution >= 4 is 11.8 Å². The van der Waals surface area contributed by atoms with Gasteiger partial charge in [-0.3, -0.25) is 9.59 Å². The molecule has 0 atom stereocenters. The second kappa shape index (κ2) is 18.7. The summed E-state index contributed by atoms with van der Waals surface area (Å²) >= 11 is 0. The summed E-state index contributed by atoms with van der Waals surface area (Å²) in [6.45, 7) is 8.51. The Morgan fingerprint density at radius 1 is 0.533 bits per heavy atom. The fraction of sp³-hybridized carbons (Fsp3) is 0.923. The third-order valence-electron chi connectivity index (χ3n) is 6.41. The molecule has 0 unspecified atom stereocenters. The van der Waals surface area contributed by atoms with Gasteiger partial charge in [0.2, 0.25) is 11.8 Å². The van der Waals surface area contributed by atoms with E-state index in [0.717, 1.165) is 51.9 Å². The molecule has 2 aliphatic heterocycles. The molecule has 30 heavy (non-hydrogen) atoms. The van der Waals surface area contributed by atoms with Crippen molar-refractivity contribution in [1.82, 2.24) is 9.80 Å². The van der Waals surface area contributed by atoms with Gasteiger partial charge in [0.1, 0.15) is 0 Å². The molecule has 0 aromatic carbocycles. The summed E-state index contributed by atoms with van der Waals surface area (Å²) in [5.41, 5.74) is 0. The minimum atomic E-state index is 0.384. The number of nitrogens with zero attached hydrogens (tertiary/aromatic N) is 2. The van der Waals surface area contributed by atoms with Crippen molar-refractivity contribution in [2.75, 3.05) is 26.2 Å². The van der Waals surface area contributed by atoms with Crippen molar-refractivity contribution in [1.29, 1.82) is 0 Å². The van der Waals surface area contributed by atoms with Gasteiger partial charge in [0.25, 0.3) is 0 Å². The Labute approximate surface area is 187 Å². The molecule has 176 valence electrons. The lowest BCUT2D eigenvalue weighted by Gasteiger charge is -2.26. The average Bonchev–Trinajstić information content (AvgIpc) is 2.76. The van der Waals surface area contributed by atoms with Crippen LogP contribution in [0, 0.1) is 0 Å². The Balaban J connectivity index is 0.000000300. The second-order valence-electron chi connectivity index (χ2n) is 9.21. The Hall–Kier alpha value is -1.06. The number of carbonyl (C=O) groups excluding carboxylic acids is 2. The van der Waals surface area contributed by atoms with Gasteiger partial charge in [-0.2, -0.15) is 0 Å². The number of hydrogen-bond acceptors (Lipinski definition) is 2. The van der Waals surface area contributed by atoms with E-state index in [-0.39, 0.29) is 0 Å². The van der Waals surface area contributed by atoms with Crippen LogP contribution >= 0.6 is 0 Å². The first-order valence-corrected chi connectivity index (χ1v) is 13.2. The molecule has 0 bridgehead atoms. The fourth-order valence-electron chi connectivity index (χ4n) is 4.36. The standard InChI is InChI=1S/2C13H25NO/c2*1-2-3-4-5-6-8-11-14-12-9-7-10-13(14)15/h2*2-12H2,1H3. The van der Waals surface area contributed by atoms with Crippen molar-refractivity contribution in [3.05, 3.63) is 0 Å². The fourth-order valence-corrected chi connectivity index (χ4v) is 4.36. The molecule has 2 rings (SSSR count). The summed E-state index contributed by atoms with van der Waals surface area (Å²) in [5.74, 6) is 0.768. The summed E-state index contributed by atoms with van der Waals surface area (Å²) in [5, 5.41) is 0. The van der Waals surface area contributed by atoms with E-state index in [0.29, 0.717) is 11.8 Å². The van der Waals surface area contributed by atoms with Gasteiger partial charge in [0, 0.05) is 39.0 Å². The molecular weight excluding hydrogens is 372 g/mol. The highest BCUT2D eigenvalue weighted by Crippen LogP contribution is 2.13. The Kier molecular flexibility index (Phi) is 16.8. The third-order valence-corrected chi connectivity index (χ3v) is 6.41. The molecule has 2 amide bonds. The van der Waals surface area contributed by atoms with Crippen LogP contribution in [0.1, 0.15) is 129 Å². The van der Waals surface area contributed by atoms with Crippen LogP contribution in [-0.4, -0.2) is 47.8 Å². The van der Waals surface area contributed by atoms with E-state index in [4.69, 9.17) is 0 Å². The zero-order valence-electron chi connectivity index (χ0n) is 20.3. The van der Waals surface area contributed by atoms with Crippen LogP contribution in [0.15, 0.2) is 0 Å². The van der Waals surface area contributed by atoms with Crippen molar-refractivity contribution in [3.8, 4) is 0 Å². The summed E-state index contributed by atoms with van der Waals surface area (Å²) < 4.78 is 0. The van der Waals surface area contributed by atoms with Crippen molar-refractivity contribution in [3.63, 3.8) is 0 Å². The number of carbonyl (C=O) groups is 2. The zero-order chi connectivity index (χ0) is 21.9. The second-order valence-corrected chi connectivity index (χ2v) is 9.21. The Morgan fingerprint density at radius 2 is 0.900 bits per heavy atom. The maximum Gasteiger partial charge on any atom is 0.222 e. The molecule has 2 aliphatic rings. The topological polar surface area (TPSA) is 40.6 Å². The van der Waals surface area contributed by atoms with Gasteiger partial charge in [-0.1, -0.05) is 78.1 Å². The van der Waals surface area contributed by atoms with Gasteiger partial charge in [-0.05, 0) is 38.5 Å². The molecule has 2 saturated heterocycles. The quantitative estimate of drug-likeness (QED) is 0.292. The molecule has 0 aromatic rings. The predicted molar refractivity (Wildman–Crippen MR) is 128 cm³/mol. The van der Waals surface area contributed by atoms with E-state index >= 15 is 0 Å². The average molecular weight is 423 g/mol. The minimum Gasteiger partial charge on any atom is -0.343 e. The van der Waals surface area contributed by atoms with Gasteiger partial charge in [0.15, 0.2) is 0 Å². The molecule has 4 heteroatoms. The Bertz CT molecular complexity index is 399. The molecule has 0 aromatic heterocycles. The number of amides is 2. The van der Waals surface area contributed by atoms with E-state index in [1.165, 1.54) is 89.9 Å². The maximum atomic E-state index is 11.5. The molecule has 0 saturated carbocycles. The van der Waals surface area contributed by atoms with Crippen molar-refractivity contribution in [2.24, 2.45) is 0 Å². The lowest BCUT2D eigenvalue weighted by atomic mass is 10.1. The van der Waals surface area contributed by atoms with E-state index < -0.39 is 0 Å². The van der Waals surface area contributed by atoms with Gasteiger partial charge >= 0.3 is 0 Å². The first-order chi connectivity index (χ1) is 14.7. The van der Waals surface area contributed by atoms with Crippen LogP contribution in [0.5, 0.6) is 0 Å². The van der Waals surface area contributed by atoms with Crippen LogP contribution in [0.3, 0.4) is 0 Å². The van der Waals surface area contributed by atoms with Crippen LogP contribution in [0.4, 0.5) is 0 Å². The monoisotopic (exact) mass is 422 g/mol. The van der Waals surface area contributed by atoms with E-state index in [2.05, 4.69) is 23.6 Å². The van der Waals surface area contributed by atoms with Gasteiger partial charge < -0.3 is 9.80 Å². The number of piperidine rings is 2. The van der Waals surface area contributed by atoms with Crippen LogP contribution < -0.4 is 0 Å². The summed E-state index contributed by atoms with van der Waals surface area (Å²) in [6.07, 6.45) is 22.0. The third kappa shape index (κ3) is 13.3. The number of likely N-dealkylation sites (tertiary alicyclic amines) is 2. The van der Waals surface area contributed by atoms with Crippen molar-refractivity contribution < 1.29 is 9.59 Å². The number of rotatable bonds is 14. The van der Waals surface area contributed by atoms with Crippen LogP contribution in [-0.2, 0) is 9.59 Å². The van der Waals surface area contributed by atoms with E-state index in [1.54, 1.807) is 0 Å². The highest BCUT2D eigenvalue weighted by molar-refractivity contribution is 5.77. The summed E-state index contributed by atoms with van der Waals surface area (Å²) in [4.78, 5) is 27.1. The lowest BCUT2D eigenvalue weighted by Crippen LogP contribution is -2.35. The number of unbranched alkanes of at least 4 members (excludes halogenated alkanes) is 10. The summed E-state index contributed by atoms with van der Waals surface area (Å²) in [6, 6.07) is 0. The highest BCUT2D eigenvalue weighted by Gasteiger charge is 2.17. The largest absolute Gasteiger partial charge is 0.343 e. The maximum absolute atomic E-state index is 11.5. The van der Waals surface area contributed by atoms with Gasteiger partial charge in [0.05, 0.1) is 0 Å². The van der Waals surface area contributed by atoms with Crippen LogP contribution in [0.25, 0.3) is 0 Å². The highest BCUT2D eigenvalue weighted by atomic mass is 16.2. The Morgan fingerprint density at radius 3 is 1.27 bits per heavy atom. The van der Waals surface area contributed by atoms with E-state index in [1.807, 2.05) is 0 Å². The molecule has 0 aliphatic carbocycles. The molecule has 0 radical (unpaired) electrons.